The Hall–Kier alpha value is -6.16. The van der Waals surface area contributed by atoms with E-state index in [9.17, 15) is 19.8 Å². The first kappa shape index (κ1) is 33.0. The summed E-state index contributed by atoms with van der Waals surface area (Å²) in [5.41, 5.74) is 6.27. The van der Waals surface area contributed by atoms with Crippen LogP contribution in [-0.4, -0.2) is 77.4 Å². The number of H-pyrrole nitrogens is 2. The molecule has 262 valence electrons. The number of carbonyl (C=O) groups excluding carboxylic acids is 2. The zero-order valence-electron chi connectivity index (χ0n) is 28.1. The van der Waals surface area contributed by atoms with Crippen LogP contribution in [0.25, 0.3) is 22.1 Å². The van der Waals surface area contributed by atoms with Crippen LogP contribution in [0.15, 0.2) is 97.1 Å². The maximum absolute atomic E-state index is 13.0. The number of aromatic amines is 2. The van der Waals surface area contributed by atoms with E-state index < -0.39 is 36.5 Å². The van der Waals surface area contributed by atoms with E-state index in [1.54, 1.807) is 0 Å². The number of aliphatic hydroxyl groups excluding tert-OH is 2. The largest absolute Gasteiger partial charge is 0.445 e. The van der Waals surface area contributed by atoms with Crippen LogP contribution in [0.1, 0.15) is 58.8 Å². The molecule has 0 radical (unpaired) electrons. The molecule has 4 heterocycles. The SMILES string of the molecule is O=C(OCc1ccccc1)N1C[C@H](O)C[C@H]1c1nc2ccc(C#Cc3ccc4nc([C@@H]5C[C@@H](O)CN5C(=O)OCc5ccccc5)[nH]c4c3)cc2[nH]1. The molecule has 2 saturated heterocycles. The van der Waals surface area contributed by atoms with Gasteiger partial charge in [0.1, 0.15) is 24.9 Å². The van der Waals surface area contributed by atoms with Crippen molar-refractivity contribution in [2.45, 2.75) is 50.3 Å². The Morgan fingerprint density at radius 1 is 0.654 bits per heavy atom. The van der Waals surface area contributed by atoms with Gasteiger partial charge in [-0.3, -0.25) is 9.80 Å². The molecule has 2 aromatic heterocycles. The van der Waals surface area contributed by atoms with Crippen LogP contribution in [0, 0.1) is 11.8 Å². The van der Waals surface area contributed by atoms with Gasteiger partial charge in [0.15, 0.2) is 0 Å². The van der Waals surface area contributed by atoms with E-state index in [4.69, 9.17) is 19.4 Å². The number of carbonyl (C=O) groups is 2. The van der Waals surface area contributed by atoms with Crippen LogP contribution in [0.2, 0.25) is 0 Å². The lowest BCUT2D eigenvalue weighted by Crippen LogP contribution is -2.32. The maximum atomic E-state index is 13.0. The van der Waals surface area contributed by atoms with Crippen molar-refractivity contribution in [3.63, 3.8) is 0 Å². The molecule has 52 heavy (non-hydrogen) atoms. The second kappa shape index (κ2) is 14.2. The Labute approximate surface area is 299 Å². The number of fused-ring (bicyclic) bond motifs is 2. The fraction of sp³-hybridized carbons (Fsp3) is 0.250. The van der Waals surface area contributed by atoms with Crippen molar-refractivity contribution in [1.82, 2.24) is 29.7 Å². The van der Waals surface area contributed by atoms with Crippen LogP contribution in [0.5, 0.6) is 0 Å². The third-order valence-corrected chi connectivity index (χ3v) is 9.42. The van der Waals surface area contributed by atoms with Gasteiger partial charge in [0.2, 0.25) is 0 Å². The van der Waals surface area contributed by atoms with Crippen molar-refractivity contribution in [2.24, 2.45) is 0 Å². The van der Waals surface area contributed by atoms with Gasteiger partial charge in [-0.05, 0) is 47.5 Å². The quantitative estimate of drug-likeness (QED) is 0.161. The van der Waals surface area contributed by atoms with Crippen molar-refractivity contribution in [3.8, 4) is 11.8 Å². The summed E-state index contributed by atoms with van der Waals surface area (Å²) in [6, 6.07) is 29.4. The normalized spacial score (nSPS) is 19.9. The van der Waals surface area contributed by atoms with Crippen molar-refractivity contribution in [1.29, 1.82) is 0 Å². The Bertz CT molecular complexity index is 2140. The highest BCUT2D eigenvalue weighted by molar-refractivity contribution is 5.79. The molecule has 0 spiro atoms. The molecule has 8 rings (SSSR count). The van der Waals surface area contributed by atoms with E-state index in [0.717, 1.165) is 44.3 Å². The predicted molar refractivity (Wildman–Crippen MR) is 192 cm³/mol. The molecule has 0 unspecified atom stereocenters. The molecule has 2 amide bonds. The van der Waals surface area contributed by atoms with Crippen molar-refractivity contribution < 1.29 is 29.3 Å². The summed E-state index contributed by atoms with van der Waals surface area (Å²) in [4.78, 5) is 45.2. The molecular formula is C40H36N6O6. The summed E-state index contributed by atoms with van der Waals surface area (Å²) in [5, 5.41) is 20.9. The predicted octanol–water partition coefficient (Wildman–Crippen LogP) is 5.73. The first-order chi connectivity index (χ1) is 25.4. The molecule has 4 aromatic carbocycles. The molecule has 2 aliphatic rings. The van der Waals surface area contributed by atoms with E-state index in [2.05, 4.69) is 21.8 Å². The highest BCUT2D eigenvalue weighted by Crippen LogP contribution is 2.34. The lowest BCUT2D eigenvalue weighted by molar-refractivity contribution is 0.0863. The number of ether oxygens (including phenoxy) is 2. The Kier molecular flexibility index (Phi) is 9.03. The Morgan fingerprint density at radius 2 is 1.08 bits per heavy atom. The lowest BCUT2D eigenvalue weighted by Gasteiger charge is -2.22. The first-order valence-corrected chi connectivity index (χ1v) is 17.2. The fourth-order valence-corrected chi connectivity index (χ4v) is 6.83. The molecule has 0 saturated carbocycles. The standard InChI is InChI=1S/C40H36N6O6/c47-29-19-35(45(21-29)39(49)51-23-27-7-3-1-4-8-27)37-41-31-15-13-25(17-33(31)43-37)11-12-26-14-16-32-34(18-26)44-38(42-32)36-20-30(48)22-46(36)40(50)52-24-28-9-5-2-6-10-28/h1-10,13-18,29-30,35-36,47-48H,19-24H2,(H,41,43)(H,42,44)/t29-,30-,35+,36+/m1/s1. The van der Waals surface area contributed by atoms with Gasteiger partial charge in [-0.2, -0.15) is 0 Å². The van der Waals surface area contributed by atoms with Crippen molar-refractivity contribution >= 4 is 34.3 Å². The van der Waals surface area contributed by atoms with Crippen LogP contribution < -0.4 is 0 Å². The van der Waals surface area contributed by atoms with Crippen LogP contribution in [0.4, 0.5) is 9.59 Å². The number of aliphatic hydroxyl groups is 2. The number of likely N-dealkylation sites (tertiary alicyclic amines) is 2. The van der Waals surface area contributed by atoms with Gasteiger partial charge in [0.05, 0.1) is 59.4 Å². The van der Waals surface area contributed by atoms with Crippen LogP contribution in [0.3, 0.4) is 0 Å². The number of nitrogens with zero attached hydrogens (tertiary/aromatic N) is 4. The van der Waals surface area contributed by atoms with Crippen LogP contribution in [-0.2, 0) is 22.7 Å². The number of amides is 2. The third kappa shape index (κ3) is 7.05. The minimum absolute atomic E-state index is 0.144. The Balaban J connectivity index is 0.955. The molecule has 12 heteroatoms. The number of aromatic nitrogens is 4. The summed E-state index contributed by atoms with van der Waals surface area (Å²) in [5.74, 6) is 7.59. The number of hydrogen-bond donors (Lipinski definition) is 4. The summed E-state index contributed by atoms with van der Waals surface area (Å²) in [6.45, 7) is 0.614. The van der Waals surface area contributed by atoms with E-state index in [1.165, 1.54) is 9.80 Å². The van der Waals surface area contributed by atoms with Gasteiger partial charge in [0, 0.05) is 24.0 Å². The molecule has 2 fully saturated rings. The molecule has 12 nitrogen and oxygen atoms in total. The smallest absolute Gasteiger partial charge is 0.410 e. The number of β-amino-alcohol motifs (C(OH)–C–C–N with tert-alkyl or cyclic N) is 2. The fourth-order valence-electron chi connectivity index (χ4n) is 6.83. The van der Waals surface area contributed by atoms with Gasteiger partial charge in [-0.1, -0.05) is 72.5 Å². The van der Waals surface area contributed by atoms with Gasteiger partial charge in [-0.15, -0.1) is 0 Å². The second-order valence-corrected chi connectivity index (χ2v) is 13.2. The van der Waals surface area contributed by atoms with E-state index in [0.29, 0.717) is 24.5 Å². The summed E-state index contributed by atoms with van der Waals surface area (Å²) < 4.78 is 11.1. The van der Waals surface area contributed by atoms with Gasteiger partial charge in [-0.25, -0.2) is 19.6 Å². The summed E-state index contributed by atoms with van der Waals surface area (Å²) in [6.07, 6.45) is -1.67. The Morgan fingerprint density at radius 3 is 1.50 bits per heavy atom. The zero-order chi connectivity index (χ0) is 35.6. The number of hydrogen-bond acceptors (Lipinski definition) is 8. The summed E-state index contributed by atoms with van der Waals surface area (Å²) in [7, 11) is 0. The van der Waals surface area contributed by atoms with Gasteiger partial charge >= 0.3 is 12.2 Å². The van der Waals surface area contributed by atoms with Gasteiger partial charge < -0.3 is 29.7 Å². The second-order valence-electron chi connectivity index (χ2n) is 13.2. The topological polar surface area (TPSA) is 157 Å². The van der Waals surface area contributed by atoms with E-state index in [1.807, 2.05) is 97.1 Å². The average molecular weight is 697 g/mol. The van der Waals surface area contributed by atoms with E-state index in [-0.39, 0.29) is 26.3 Å². The zero-order valence-corrected chi connectivity index (χ0v) is 28.1. The number of benzene rings is 4. The molecular weight excluding hydrogens is 660 g/mol. The summed E-state index contributed by atoms with van der Waals surface area (Å²) >= 11 is 0. The van der Waals surface area contributed by atoms with Crippen molar-refractivity contribution in [3.05, 3.63) is 131 Å². The average Bonchev–Trinajstić information content (AvgIpc) is 3.96. The lowest BCUT2D eigenvalue weighted by atomic mass is 10.1. The van der Waals surface area contributed by atoms with Crippen LogP contribution >= 0.6 is 0 Å². The molecule has 4 atom stereocenters. The minimum atomic E-state index is -0.683. The highest BCUT2D eigenvalue weighted by Gasteiger charge is 2.39. The molecule has 6 aromatic rings. The highest BCUT2D eigenvalue weighted by atomic mass is 16.6. The molecule has 2 aliphatic heterocycles. The molecule has 0 aliphatic carbocycles. The monoisotopic (exact) mass is 696 g/mol. The maximum Gasteiger partial charge on any atom is 0.410 e. The first-order valence-electron chi connectivity index (χ1n) is 17.2. The minimum Gasteiger partial charge on any atom is -0.445 e. The number of nitrogens with one attached hydrogen (secondary N) is 2. The van der Waals surface area contributed by atoms with Gasteiger partial charge in [0.25, 0.3) is 0 Å². The third-order valence-electron chi connectivity index (χ3n) is 9.42. The number of rotatable bonds is 6. The molecule has 4 N–H and O–H groups in total. The number of imidazole rings is 2. The molecule has 0 bridgehead atoms. The van der Waals surface area contributed by atoms with Crippen molar-refractivity contribution in [2.75, 3.05) is 13.1 Å². The van der Waals surface area contributed by atoms with E-state index >= 15 is 0 Å².